The van der Waals surface area contributed by atoms with Crippen molar-refractivity contribution in [3.8, 4) is 6.07 Å². The topological polar surface area (TPSA) is 27.0 Å². The molecule has 0 amide bonds. The maximum absolute atomic E-state index is 8.48. The van der Waals surface area contributed by atoms with Crippen molar-refractivity contribution in [3.63, 3.8) is 0 Å². The van der Waals surface area contributed by atoms with E-state index in [2.05, 4.69) is 24.8 Å². The van der Waals surface area contributed by atoms with Crippen LogP contribution in [0.5, 0.6) is 0 Å². The molecule has 0 aromatic heterocycles. The van der Waals surface area contributed by atoms with Crippen molar-refractivity contribution in [1.82, 2.24) is 4.90 Å². The van der Waals surface area contributed by atoms with E-state index in [1.165, 1.54) is 12.8 Å². The van der Waals surface area contributed by atoms with Gasteiger partial charge < -0.3 is 0 Å². The molecule has 0 aromatic carbocycles. The number of hydrogen-bond acceptors (Lipinski definition) is 2. The van der Waals surface area contributed by atoms with E-state index < -0.39 is 0 Å². The highest BCUT2D eigenvalue weighted by atomic mass is 15.1. The summed E-state index contributed by atoms with van der Waals surface area (Å²) in [6.07, 6.45) is 2.49. The quantitative estimate of drug-likeness (QED) is 0.562. The van der Waals surface area contributed by atoms with E-state index in [1.807, 2.05) is 0 Å². The van der Waals surface area contributed by atoms with E-state index in [-0.39, 0.29) is 0 Å². The Labute approximate surface area is 68.8 Å². The summed E-state index contributed by atoms with van der Waals surface area (Å²) < 4.78 is 0. The van der Waals surface area contributed by atoms with Crippen LogP contribution in [0.3, 0.4) is 0 Å². The summed E-state index contributed by atoms with van der Waals surface area (Å²) in [7, 11) is 0. The van der Waals surface area contributed by atoms with E-state index in [4.69, 9.17) is 5.26 Å². The molecule has 1 unspecified atom stereocenters. The maximum Gasteiger partial charge on any atom is 0.0866 e. The number of hydrogen-bond donors (Lipinski definition) is 0. The number of rotatable bonds is 2. The van der Waals surface area contributed by atoms with Crippen LogP contribution in [0.1, 0.15) is 26.7 Å². The van der Waals surface area contributed by atoms with Gasteiger partial charge in [-0.1, -0.05) is 13.8 Å². The third-order valence-corrected chi connectivity index (χ3v) is 2.78. The van der Waals surface area contributed by atoms with Gasteiger partial charge in [0.1, 0.15) is 0 Å². The van der Waals surface area contributed by atoms with Crippen LogP contribution < -0.4 is 0 Å². The van der Waals surface area contributed by atoms with Crippen molar-refractivity contribution in [2.45, 2.75) is 26.7 Å². The Hall–Kier alpha value is -0.550. The second-order valence-electron chi connectivity index (χ2n) is 3.78. The first kappa shape index (κ1) is 8.55. The molecule has 62 valence electrons. The van der Waals surface area contributed by atoms with Gasteiger partial charge in [-0.25, -0.2) is 0 Å². The highest BCUT2D eigenvalue weighted by Crippen LogP contribution is 2.32. The van der Waals surface area contributed by atoms with E-state index in [9.17, 15) is 0 Å². The Balaban J connectivity index is 2.41. The lowest BCUT2D eigenvalue weighted by Gasteiger charge is -2.21. The van der Waals surface area contributed by atoms with Crippen LogP contribution in [0.2, 0.25) is 0 Å². The third-order valence-electron chi connectivity index (χ3n) is 2.78. The molecule has 1 heterocycles. The summed E-state index contributed by atoms with van der Waals surface area (Å²) in [5.74, 6) is 0. The first-order valence-electron chi connectivity index (χ1n) is 4.29. The lowest BCUT2D eigenvalue weighted by Crippen LogP contribution is -2.24. The lowest BCUT2D eigenvalue weighted by atomic mass is 9.87. The minimum Gasteiger partial charge on any atom is -0.290 e. The molecule has 0 radical (unpaired) electrons. The number of nitrogens with zero attached hydrogens (tertiary/aromatic N) is 2. The number of nitriles is 1. The fourth-order valence-electron chi connectivity index (χ4n) is 1.65. The zero-order chi connectivity index (χ0) is 8.32. The Bertz CT molecular complexity index is 171. The number of likely N-dealkylation sites (tertiary alicyclic amines) is 1. The largest absolute Gasteiger partial charge is 0.290 e. The first-order chi connectivity index (χ1) is 5.20. The van der Waals surface area contributed by atoms with E-state index in [0.717, 1.165) is 13.1 Å². The molecule has 1 rings (SSSR count). The molecular weight excluding hydrogens is 136 g/mol. The Morgan fingerprint density at radius 1 is 1.64 bits per heavy atom. The van der Waals surface area contributed by atoms with Gasteiger partial charge in [0.05, 0.1) is 12.6 Å². The smallest absolute Gasteiger partial charge is 0.0866 e. The van der Waals surface area contributed by atoms with E-state index in [1.54, 1.807) is 0 Å². The fraction of sp³-hybridized carbons (Fsp3) is 0.889. The molecule has 0 aromatic rings. The average molecular weight is 152 g/mol. The van der Waals surface area contributed by atoms with Crippen LogP contribution in [-0.4, -0.2) is 24.5 Å². The minimum absolute atomic E-state index is 0.483. The molecule has 2 heteroatoms. The van der Waals surface area contributed by atoms with Crippen molar-refractivity contribution >= 4 is 0 Å². The fourth-order valence-corrected chi connectivity index (χ4v) is 1.65. The molecule has 0 spiro atoms. The van der Waals surface area contributed by atoms with Crippen LogP contribution in [0, 0.1) is 16.7 Å². The van der Waals surface area contributed by atoms with Gasteiger partial charge in [0.15, 0.2) is 0 Å². The van der Waals surface area contributed by atoms with Crippen molar-refractivity contribution in [2.24, 2.45) is 5.41 Å². The van der Waals surface area contributed by atoms with Gasteiger partial charge in [0.2, 0.25) is 0 Å². The molecule has 0 aliphatic carbocycles. The maximum atomic E-state index is 8.48. The molecule has 1 atom stereocenters. The molecule has 0 saturated carbocycles. The summed E-state index contributed by atoms with van der Waals surface area (Å²) in [4.78, 5) is 2.24. The van der Waals surface area contributed by atoms with Gasteiger partial charge in [-0.15, -0.1) is 0 Å². The highest BCUT2D eigenvalue weighted by Gasteiger charge is 2.31. The second kappa shape index (κ2) is 3.23. The third kappa shape index (κ3) is 1.94. The zero-order valence-electron chi connectivity index (χ0n) is 7.43. The average Bonchev–Trinajstić information content (AvgIpc) is 2.35. The van der Waals surface area contributed by atoms with E-state index in [0.29, 0.717) is 12.0 Å². The van der Waals surface area contributed by atoms with Crippen LogP contribution in [0.4, 0.5) is 0 Å². The molecule has 1 saturated heterocycles. The summed E-state index contributed by atoms with van der Waals surface area (Å²) in [6.45, 7) is 7.37. The molecule has 1 fully saturated rings. The predicted molar refractivity (Wildman–Crippen MR) is 45.1 cm³/mol. The lowest BCUT2D eigenvalue weighted by molar-refractivity contribution is 0.287. The second-order valence-corrected chi connectivity index (χ2v) is 3.78. The van der Waals surface area contributed by atoms with Crippen molar-refractivity contribution in [2.75, 3.05) is 19.6 Å². The van der Waals surface area contributed by atoms with Crippen LogP contribution in [0.25, 0.3) is 0 Å². The van der Waals surface area contributed by atoms with Crippen molar-refractivity contribution in [3.05, 3.63) is 0 Å². The molecule has 1 aliphatic heterocycles. The molecule has 0 N–H and O–H groups in total. The van der Waals surface area contributed by atoms with Gasteiger partial charge in [-0.2, -0.15) is 5.26 Å². The molecule has 2 nitrogen and oxygen atoms in total. The molecular formula is C9H16N2. The normalized spacial score (nSPS) is 32.1. The van der Waals surface area contributed by atoms with Gasteiger partial charge in [0.25, 0.3) is 0 Å². The monoisotopic (exact) mass is 152 g/mol. The standard InChI is InChI=1S/C9H16N2/c1-3-9(2)4-6-11(8-9)7-5-10/h3-4,6-8H2,1-2H3. The Kier molecular flexibility index (Phi) is 2.51. The van der Waals surface area contributed by atoms with Crippen molar-refractivity contribution in [1.29, 1.82) is 5.26 Å². The summed E-state index contributed by atoms with van der Waals surface area (Å²) >= 11 is 0. The first-order valence-corrected chi connectivity index (χ1v) is 4.29. The summed E-state index contributed by atoms with van der Waals surface area (Å²) in [5.41, 5.74) is 0.483. The predicted octanol–water partition coefficient (Wildman–Crippen LogP) is 1.63. The molecule has 11 heavy (non-hydrogen) atoms. The molecule has 1 aliphatic rings. The Morgan fingerprint density at radius 3 is 2.82 bits per heavy atom. The summed E-state index contributed by atoms with van der Waals surface area (Å²) in [5, 5.41) is 8.48. The van der Waals surface area contributed by atoms with Gasteiger partial charge in [-0.05, 0) is 24.8 Å². The van der Waals surface area contributed by atoms with Crippen molar-refractivity contribution < 1.29 is 0 Å². The van der Waals surface area contributed by atoms with E-state index >= 15 is 0 Å². The Morgan fingerprint density at radius 2 is 2.36 bits per heavy atom. The van der Waals surface area contributed by atoms with Gasteiger partial charge in [-0.3, -0.25) is 4.90 Å². The van der Waals surface area contributed by atoms with Gasteiger partial charge >= 0.3 is 0 Å². The van der Waals surface area contributed by atoms with Crippen LogP contribution in [0.15, 0.2) is 0 Å². The zero-order valence-corrected chi connectivity index (χ0v) is 7.43. The highest BCUT2D eigenvalue weighted by molar-refractivity contribution is 4.89. The molecule has 0 bridgehead atoms. The SMILES string of the molecule is CCC1(C)CCN(CC#N)C1. The summed E-state index contributed by atoms with van der Waals surface area (Å²) in [6, 6.07) is 2.20. The van der Waals surface area contributed by atoms with Gasteiger partial charge in [0, 0.05) is 6.54 Å². The van der Waals surface area contributed by atoms with Crippen LogP contribution in [-0.2, 0) is 0 Å². The van der Waals surface area contributed by atoms with Crippen LogP contribution >= 0.6 is 0 Å². The minimum atomic E-state index is 0.483.